The van der Waals surface area contributed by atoms with Crippen LogP contribution in [0.25, 0.3) is 0 Å². The number of hydrogen-bond donors (Lipinski definition) is 5. The van der Waals surface area contributed by atoms with Crippen molar-refractivity contribution >= 4 is 30.4 Å². The van der Waals surface area contributed by atoms with Gasteiger partial charge in [-0.05, 0) is 32.8 Å². The molecule has 3 rings (SSSR count). The highest BCUT2D eigenvalue weighted by molar-refractivity contribution is 8.13. The number of carbonyl (C=O) groups excluding carboxylic acids is 1. The Balaban J connectivity index is 1.62. The third-order valence-corrected chi connectivity index (χ3v) is 9.22. The maximum absolute atomic E-state index is 13.6. The molecule has 6 N–H and O–H groups in total. The van der Waals surface area contributed by atoms with Gasteiger partial charge in [0.15, 0.2) is 11.3 Å². The Morgan fingerprint density at radius 1 is 1.30 bits per heavy atom. The SMILES string of the molecule is CC(C)(CO)C(=O)SCCOP(=O)(NC1CCCCC1)OC[C@H]1O[C@@H](n2ccc(N)nc2=O)[C@@H](O)C1O. The predicted molar refractivity (Wildman–Crippen MR) is 137 cm³/mol. The smallest absolute Gasteiger partial charge is 0.395 e. The van der Waals surface area contributed by atoms with Crippen LogP contribution in [-0.2, 0) is 23.1 Å². The van der Waals surface area contributed by atoms with E-state index in [0.29, 0.717) is 0 Å². The number of nitrogens with zero attached hydrogens (tertiary/aromatic N) is 2. The Kier molecular flexibility index (Phi) is 10.7. The molecule has 1 aromatic rings. The van der Waals surface area contributed by atoms with Crippen LogP contribution in [0.15, 0.2) is 17.1 Å². The number of carbonyl (C=O) groups is 1. The van der Waals surface area contributed by atoms with Crippen molar-refractivity contribution in [1.82, 2.24) is 14.6 Å². The van der Waals surface area contributed by atoms with Crippen molar-refractivity contribution in [2.24, 2.45) is 5.41 Å². The molecule has 0 spiro atoms. The standard InChI is InChI=1S/C22H37N4O9PS/c1-22(2,13-27)20(30)37-11-10-33-36(32,25-14-6-4-3-5-7-14)34-12-15-17(28)18(29)19(35-15)26-9-8-16(23)24-21(26)31/h8-9,14-15,17-19,27-29H,3-7,10-13H2,1-2H3,(H,25,32)(H2,23,24,31)/t15-,17?,18+,19-,36?/m1/s1. The van der Waals surface area contributed by atoms with Crippen LogP contribution in [0.5, 0.6) is 0 Å². The van der Waals surface area contributed by atoms with E-state index < -0.39 is 50.0 Å². The Hall–Kier alpha value is -1.35. The van der Waals surface area contributed by atoms with Gasteiger partial charge in [-0.1, -0.05) is 31.0 Å². The van der Waals surface area contributed by atoms with Crippen molar-refractivity contribution in [2.45, 2.75) is 76.5 Å². The van der Waals surface area contributed by atoms with Gasteiger partial charge in [-0.25, -0.2) is 14.4 Å². The van der Waals surface area contributed by atoms with Crippen LogP contribution in [-0.4, -0.2) is 79.9 Å². The van der Waals surface area contributed by atoms with Crippen molar-refractivity contribution in [1.29, 1.82) is 0 Å². The van der Waals surface area contributed by atoms with Crippen LogP contribution in [0.3, 0.4) is 0 Å². The minimum atomic E-state index is -3.90. The zero-order valence-corrected chi connectivity index (χ0v) is 22.7. The molecule has 0 amide bonds. The number of aliphatic hydroxyl groups is 3. The third-order valence-electron chi connectivity index (χ3n) is 6.34. The summed E-state index contributed by atoms with van der Waals surface area (Å²) in [5.74, 6) is 0.194. The molecule has 5 atom stereocenters. The number of aromatic nitrogens is 2. The van der Waals surface area contributed by atoms with Gasteiger partial charge in [0.25, 0.3) is 0 Å². The zero-order valence-electron chi connectivity index (χ0n) is 21.0. The summed E-state index contributed by atoms with van der Waals surface area (Å²) in [6.45, 7) is 2.50. The van der Waals surface area contributed by atoms with Gasteiger partial charge in [-0.2, -0.15) is 4.98 Å². The molecular formula is C22H37N4O9PS. The van der Waals surface area contributed by atoms with E-state index in [2.05, 4.69) is 10.1 Å². The molecule has 2 fully saturated rings. The van der Waals surface area contributed by atoms with E-state index in [-0.39, 0.29) is 35.9 Å². The number of aliphatic hydroxyl groups excluding tert-OH is 3. The van der Waals surface area contributed by atoms with E-state index in [4.69, 9.17) is 19.5 Å². The lowest BCUT2D eigenvalue weighted by Gasteiger charge is -2.28. The Bertz CT molecular complexity index is 1020. The first kappa shape index (κ1) is 30.2. The van der Waals surface area contributed by atoms with Gasteiger partial charge in [-0.3, -0.25) is 18.4 Å². The number of rotatable bonds is 12. The summed E-state index contributed by atoms with van der Waals surface area (Å²) >= 11 is 0.966. The zero-order chi connectivity index (χ0) is 27.2. The maximum Gasteiger partial charge on any atom is 0.405 e. The van der Waals surface area contributed by atoms with E-state index in [1.54, 1.807) is 13.8 Å². The molecule has 2 aliphatic rings. The molecular weight excluding hydrogens is 527 g/mol. The number of anilines is 1. The first-order chi connectivity index (χ1) is 17.5. The van der Waals surface area contributed by atoms with Crippen molar-refractivity contribution < 1.29 is 38.5 Å². The van der Waals surface area contributed by atoms with Crippen molar-refractivity contribution in [3.05, 3.63) is 22.7 Å². The molecule has 2 heterocycles. The molecule has 2 unspecified atom stereocenters. The Morgan fingerprint density at radius 2 is 2.00 bits per heavy atom. The van der Waals surface area contributed by atoms with E-state index >= 15 is 0 Å². The molecule has 0 bridgehead atoms. The number of nitrogens with two attached hydrogens (primary N) is 1. The van der Waals surface area contributed by atoms with E-state index in [0.717, 1.165) is 48.4 Å². The third kappa shape index (κ3) is 8.07. The summed E-state index contributed by atoms with van der Waals surface area (Å²) in [5.41, 5.74) is 3.84. The van der Waals surface area contributed by atoms with Crippen LogP contribution >= 0.6 is 19.5 Å². The van der Waals surface area contributed by atoms with Crippen LogP contribution in [0.4, 0.5) is 5.82 Å². The predicted octanol–water partition coefficient (Wildman–Crippen LogP) is 0.787. The molecule has 210 valence electrons. The van der Waals surface area contributed by atoms with E-state index in [1.807, 2.05) is 0 Å². The van der Waals surface area contributed by atoms with Crippen molar-refractivity contribution in [2.75, 3.05) is 31.3 Å². The van der Waals surface area contributed by atoms with Gasteiger partial charge in [0.2, 0.25) is 0 Å². The fourth-order valence-electron chi connectivity index (χ4n) is 4.01. The molecule has 1 aliphatic carbocycles. The Morgan fingerprint density at radius 3 is 2.65 bits per heavy atom. The number of hydrogen-bond acceptors (Lipinski definition) is 12. The monoisotopic (exact) mass is 564 g/mol. The van der Waals surface area contributed by atoms with Crippen molar-refractivity contribution in [3.8, 4) is 0 Å². The fraction of sp³-hybridized carbons (Fsp3) is 0.773. The normalized spacial score (nSPS) is 26.7. The Labute approximate surface area is 219 Å². The second-order valence-corrected chi connectivity index (χ2v) is 12.7. The molecule has 1 aromatic heterocycles. The number of thioether (sulfide) groups is 1. The van der Waals surface area contributed by atoms with Crippen LogP contribution in [0, 0.1) is 5.41 Å². The van der Waals surface area contributed by atoms with Gasteiger partial charge >= 0.3 is 13.4 Å². The van der Waals surface area contributed by atoms with Gasteiger partial charge in [0.05, 0.1) is 25.2 Å². The van der Waals surface area contributed by atoms with Crippen LogP contribution < -0.4 is 16.5 Å². The number of ether oxygens (including phenoxy) is 1. The highest BCUT2D eigenvalue weighted by atomic mass is 32.2. The van der Waals surface area contributed by atoms with Crippen LogP contribution in [0.1, 0.15) is 52.2 Å². The molecule has 1 saturated heterocycles. The summed E-state index contributed by atoms with van der Waals surface area (Å²) in [4.78, 5) is 28.0. The lowest BCUT2D eigenvalue weighted by atomic mass is 9.96. The molecule has 0 radical (unpaired) electrons. The second kappa shape index (κ2) is 13.1. The molecule has 13 nitrogen and oxygen atoms in total. The van der Waals surface area contributed by atoms with Gasteiger partial charge in [-0.15, -0.1) is 0 Å². The summed E-state index contributed by atoms with van der Waals surface area (Å²) in [6, 6.07) is 1.27. The lowest BCUT2D eigenvalue weighted by Crippen LogP contribution is -2.36. The molecule has 37 heavy (non-hydrogen) atoms. The average Bonchev–Trinajstić information content (AvgIpc) is 3.14. The summed E-state index contributed by atoms with van der Waals surface area (Å²) in [5, 5.41) is 33.1. The molecule has 0 aromatic carbocycles. The highest BCUT2D eigenvalue weighted by Crippen LogP contribution is 2.46. The minimum absolute atomic E-state index is 0.000769. The summed E-state index contributed by atoms with van der Waals surface area (Å²) in [6.07, 6.45) is 0.656. The lowest BCUT2D eigenvalue weighted by molar-refractivity contribution is -0.119. The molecule has 1 aliphatic heterocycles. The molecule has 1 saturated carbocycles. The van der Waals surface area contributed by atoms with Crippen molar-refractivity contribution in [3.63, 3.8) is 0 Å². The fourth-order valence-corrected chi connectivity index (χ4v) is 6.54. The quantitative estimate of drug-likeness (QED) is 0.177. The first-order valence-corrected chi connectivity index (χ1v) is 14.8. The number of nitrogens with one attached hydrogen (secondary N) is 1. The van der Waals surface area contributed by atoms with Gasteiger partial charge < -0.3 is 25.8 Å². The average molecular weight is 565 g/mol. The second-order valence-electron chi connectivity index (χ2n) is 9.86. The van der Waals surface area contributed by atoms with Gasteiger partial charge in [0, 0.05) is 18.0 Å². The van der Waals surface area contributed by atoms with E-state index in [1.165, 1.54) is 12.3 Å². The molecule has 15 heteroatoms. The van der Waals surface area contributed by atoms with Gasteiger partial charge in [0.1, 0.15) is 24.1 Å². The number of nitrogen functional groups attached to an aromatic ring is 1. The summed E-state index contributed by atoms with van der Waals surface area (Å²) in [7, 11) is -3.90. The topological polar surface area (TPSA) is 195 Å². The minimum Gasteiger partial charge on any atom is -0.395 e. The van der Waals surface area contributed by atoms with E-state index in [9.17, 15) is 29.5 Å². The maximum atomic E-state index is 13.6. The highest BCUT2D eigenvalue weighted by Gasteiger charge is 2.45. The largest absolute Gasteiger partial charge is 0.405 e. The first-order valence-electron chi connectivity index (χ1n) is 12.3. The summed E-state index contributed by atoms with van der Waals surface area (Å²) < 4.78 is 31.5. The van der Waals surface area contributed by atoms with Crippen LogP contribution in [0.2, 0.25) is 0 Å².